The van der Waals surface area contributed by atoms with E-state index < -0.39 is 0 Å². The molecule has 1 aromatic rings. The SMILES string of the molecule is CCNC(Cc1cnn(CC)c1)C1CN(C)CCO1. The lowest BCUT2D eigenvalue weighted by Crippen LogP contribution is -2.52. The second kappa shape index (κ2) is 7.03. The van der Waals surface area contributed by atoms with Gasteiger partial charge in [0.15, 0.2) is 0 Å². The standard InChI is InChI=1S/C14H26N4O/c1-4-15-13(14-11-17(3)6-7-19-14)8-12-9-16-18(5-2)10-12/h9-10,13-15H,4-8,11H2,1-3H3. The number of likely N-dealkylation sites (N-methyl/N-ethyl adjacent to an activating group) is 2. The molecule has 0 saturated carbocycles. The number of nitrogens with zero attached hydrogens (tertiary/aromatic N) is 3. The number of ether oxygens (including phenoxy) is 1. The maximum Gasteiger partial charge on any atom is 0.0858 e. The lowest BCUT2D eigenvalue weighted by Gasteiger charge is -2.35. The third kappa shape index (κ3) is 4.03. The summed E-state index contributed by atoms with van der Waals surface area (Å²) < 4.78 is 7.92. The molecule has 1 aliphatic heterocycles. The van der Waals surface area contributed by atoms with Crippen molar-refractivity contribution in [3.05, 3.63) is 18.0 Å². The molecule has 5 nitrogen and oxygen atoms in total. The van der Waals surface area contributed by atoms with Crippen LogP contribution in [0.2, 0.25) is 0 Å². The van der Waals surface area contributed by atoms with Crippen molar-refractivity contribution >= 4 is 0 Å². The monoisotopic (exact) mass is 266 g/mol. The first kappa shape index (κ1) is 14.5. The van der Waals surface area contributed by atoms with Gasteiger partial charge in [-0.2, -0.15) is 5.10 Å². The molecule has 0 amide bonds. The van der Waals surface area contributed by atoms with E-state index >= 15 is 0 Å². The van der Waals surface area contributed by atoms with Gasteiger partial charge in [0.1, 0.15) is 0 Å². The fourth-order valence-corrected chi connectivity index (χ4v) is 2.59. The summed E-state index contributed by atoms with van der Waals surface area (Å²) in [5.74, 6) is 0. The van der Waals surface area contributed by atoms with Crippen molar-refractivity contribution in [3.63, 3.8) is 0 Å². The first-order chi connectivity index (χ1) is 9.22. The predicted molar refractivity (Wildman–Crippen MR) is 76.3 cm³/mol. The number of hydrogen-bond acceptors (Lipinski definition) is 4. The van der Waals surface area contributed by atoms with Crippen LogP contribution in [0.15, 0.2) is 12.4 Å². The van der Waals surface area contributed by atoms with Gasteiger partial charge in [-0.15, -0.1) is 0 Å². The van der Waals surface area contributed by atoms with Crippen LogP contribution in [0.5, 0.6) is 0 Å². The normalized spacial score (nSPS) is 22.6. The second-order valence-electron chi connectivity index (χ2n) is 5.24. The molecule has 0 radical (unpaired) electrons. The zero-order chi connectivity index (χ0) is 13.7. The maximum absolute atomic E-state index is 5.94. The lowest BCUT2D eigenvalue weighted by atomic mass is 10.0. The van der Waals surface area contributed by atoms with E-state index in [1.165, 1.54) is 5.56 Å². The van der Waals surface area contributed by atoms with Gasteiger partial charge in [-0.25, -0.2) is 0 Å². The maximum atomic E-state index is 5.94. The lowest BCUT2D eigenvalue weighted by molar-refractivity contribution is -0.0381. The van der Waals surface area contributed by atoms with Crippen LogP contribution < -0.4 is 5.32 Å². The van der Waals surface area contributed by atoms with Crippen LogP contribution in [0.25, 0.3) is 0 Å². The van der Waals surface area contributed by atoms with Crippen LogP contribution in [-0.2, 0) is 17.7 Å². The molecule has 1 aliphatic rings. The summed E-state index contributed by atoms with van der Waals surface area (Å²) >= 11 is 0. The Kier molecular flexibility index (Phi) is 5.36. The summed E-state index contributed by atoms with van der Waals surface area (Å²) in [5.41, 5.74) is 1.28. The zero-order valence-electron chi connectivity index (χ0n) is 12.3. The highest BCUT2D eigenvalue weighted by molar-refractivity contribution is 5.07. The quantitative estimate of drug-likeness (QED) is 0.825. The van der Waals surface area contributed by atoms with Gasteiger partial charge in [0.05, 0.1) is 18.9 Å². The fourth-order valence-electron chi connectivity index (χ4n) is 2.59. The molecule has 0 aliphatic carbocycles. The average Bonchev–Trinajstić information content (AvgIpc) is 2.86. The Morgan fingerprint density at radius 1 is 1.53 bits per heavy atom. The Hall–Kier alpha value is -0.910. The molecule has 1 N–H and O–H groups in total. The Bertz CT molecular complexity index is 379. The minimum absolute atomic E-state index is 0.267. The first-order valence-electron chi connectivity index (χ1n) is 7.27. The van der Waals surface area contributed by atoms with E-state index in [4.69, 9.17) is 4.74 Å². The summed E-state index contributed by atoms with van der Waals surface area (Å²) in [6.45, 7) is 9.01. The van der Waals surface area contributed by atoms with Gasteiger partial charge in [0, 0.05) is 31.9 Å². The number of hydrogen-bond donors (Lipinski definition) is 1. The molecule has 1 aromatic heterocycles. The minimum Gasteiger partial charge on any atom is -0.374 e. The Labute approximate surface area is 115 Å². The molecule has 2 atom stereocenters. The number of aromatic nitrogens is 2. The van der Waals surface area contributed by atoms with Gasteiger partial charge in [0.25, 0.3) is 0 Å². The van der Waals surface area contributed by atoms with Gasteiger partial charge in [-0.1, -0.05) is 6.92 Å². The summed E-state index contributed by atoms with van der Waals surface area (Å²) in [6, 6.07) is 0.363. The molecule has 1 fully saturated rings. The summed E-state index contributed by atoms with van der Waals surface area (Å²) in [5, 5.41) is 7.91. The topological polar surface area (TPSA) is 42.3 Å². The smallest absolute Gasteiger partial charge is 0.0858 e. The predicted octanol–water partition coefficient (Wildman–Crippen LogP) is 0.754. The van der Waals surface area contributed by atoms with E-state index in [2.05, 4.69) is 42.4 Å². The number of aryl methyl sites for hydroxylation is 1. The molecule has 108 valence electrons. The highest BCUT2D eigenvalue weighted by Crippen LogP contribution is 2.12. The molecule has 1 saturated heterocycles. The van der Waals surface area contributed by atoms with Crippen molar-refractivity contribution in [3.8, 4) is 0 Å². The Balaban J connectivity index is 1.98. The van der Waals surface area contributed by atoms with E-state index in [1.807, 2.05) is 10.9 Å². The van der Waals surface area contributed by atoms with Gasteiger partial charge < -0.3 is 15.0 Å². The molecule has 0 bridgehead atoms. The summed E-state index contributed by atoms with van der Waals surface area (Å²) in [6.07, 6.45) is 5.35. The molecule has 2 heterocycles. The molecule has 0 aromatic carbocycles. The van der Waals surface area contributed by atoms with Crippen molar-refractivity contribution < 1.29 is 4.74 Å². The number of nitrogens with one attached hydrogen (secondary N) is 1. The minimum atomic E-state index is 0.267. The van der Waals surface area contributed by atoms with Crippen LogP contribution in [0, 0.1) is 0 Å². The van der Waals surface area contributed by atoms with Crippen LogP contribution in [0.4, 0.5) is 0 Å². The van der Waals surface area contributed by atoms with E-state index in [0.717, 1.165) is 39.2 Å². The summed E-state index contributed by atoms with van der Waals surface area (Å²) in [7, 11) is 2.16. The number of morpholine rings is 1. The molecule has 0 spiro atoms. The molecular weight excluding hydrogens is 240 g/mol. The van der Waals surface area contributed by atoms with Crippen molar-refractivity contribution in [2.75, 3.05) is 33.3 Å². The molecular formula is C14H26N4O. The van der Waals surface area contributed by atoms with Crippen LogP contribution >= 0.6 is 0 Å². The van der Waals surface area contributed by atoms with E-state index in [9.17, 15) is 0 Å². The van der Waals surface area contributed by atoms with E-state index in [1.54, 1.807) is 0 Å². The second-order valence-corrected chi connectivity index (χ2v) is 5.24. The zero-order valence-corrected chi connectivity index (χ0v) is 12.3. The summed E-state index contributed by atoms with van der Waals surface area (Å²) in [4.78, 5) is 2.34. The number of rotatable bonds is 6. The van der Waals surface area contributed by atoms with Crippen molar-refractivity contribution in [2.24, 2.45) is 0 Å². The first-order valence-corrected chi connectivity index (χ1v) is 7.27. The van der Waals surface area contributed by atoms with Crippen LogP contribution in [0.3, 0.4) is 0 Å². The van der Waals surface area contributed by atoms with E-state index in [0.29, 0.717) is 6.04 Å². The highest BCUT2D eigenvalue weighted by Gasteiger charge is 2.26. The highest BCUT2D eigenvalue weighted by atomic mass is 16.5. The van der Waals surface area contributed by atoms with Gasteiger partial charge in [-0.05, 0) is 32.5 Å². The molecule has 2 rings (SSSR count). The van der Waals surface area contributed by atoms with Crippen LogP contribution in [0.1, 0.15) is 19.4 Å². The van der Waals surface area contributed by atoms with E-state index in [-0.39, 0.29) is 6.10 Å². The third-order valence-corrected chi connectivity index (χ3v) is 3.68. The molecule has 2 unspecified atom stereocenters. The van der Waals surface area contributed by atoms with Gasteiger partial charge in [0.2, 0.25) is 0 Å². The third-order valence-electron chi connectivity index (χ3n) is 3.68. The van der Waals surface area contributed by atoms with Crippen molar-refractivity contribution in [1.29, 1.82) is 0 Å². The Morgan fingerprint density at radius 3 is 3.00 bits per heavy atom. The van der Waals surface area contributed by atoms with Crippen molar-refractivity contribution in [2.45, 2.75) is 39.0 Å². The van der Waals surface area contributed by atoms with Gasteiger partial charge in [-0.3, -0.25) is 4.68 Å². The largest absolute Gasteiger partial charge is 0.374 e. The van der Waals surface area contributed by atoms with Crippen LogP contribution in [-0.4, -0.2) is 60.1 Å². The molecule has 19 heavy (non-hydrogen) atoms. The van der Waals surface area contributed by atoms with Crippen molar-refractivity contribution in [1.82, 2.24) is 20.0 Å². The fraction of sp³-hybridized carbons (Fsp3) is 0.786. The Morgan fingerprint density at radius 2 is 2.37 bits per heavy atom. The van der Waals surface area contributed by atoms with Gasteiger partial charge >= 0.3 is 0 Å². The molecule has 5 heteroatoms. The average molecular weight is 266 g/mol.